The number of hydrogen-bond donors (Lipinski definition) is 0. The zero-order valence-corrected chi connectivity index (χ0v) is 12.7. The van der Waals surface area contributed by atoms with Crippen molar-refractivity contribution >= 4 is 5.97 Å². The van der Waals surface area contributed by atoms with E-state index >= 15 is 0 Å². The molecule has 0 saturated heterocycles. The Morgan fingerprint density at radius 3 is 2.14 bits per heavy atom. The Bertz CT molecular complexity index is 563. The van der Waals surface area contributed by atoms with Gasteiger partial charge in [0.2, 0.25) is 0 Å². The van der Waals surface area contributed by atoms with E-state index in [2.05, 4.69) is 0 Å². The Morgan fingerprint density at radius 2 is 1.57 bits per heavy atom. The van der Waals surface area contributed by atoms with Crippen LogP contribution in [0.2, 0.25) is 0 Å². The van der Waals surface area contributed by atoms with Crippen molar-refractivity contribution in [1.82, 2.24) is 0 Å². The molecule has 21 heavy (non-hydrogen) atoms. The summed E-state index contributed by atoms with van der Waals surface area (Å²) in [5, 5.41) is 0. The normalized spacial score (nSPS) is 13.4. The van der Waals surface area contributed by atoms with E-state index in [1.54, 1.807) is 0 Å². The van der Waals surface area contributed by atoms with Crippen molar-refractivity contribution in [2.24, 2.45) is 0 Å². The second-order valence-electron chi connectivity index (χ2n) is 5.41. The van der Waals surface area contributed by atoms with Gasteiger partial charge in [0.15, 0.2) is 0 Å². The summed E-state index contributed by atoms with van der Waals surface area (Å²) in [6.45, 7) is 4.01. The lowest BCUT2D eigenvalue weighted by Gasteiger charge is -2.29. The molecule has 2 nitrogen and oxygen atoms in total. The number of benzene rings is 2. The Kier molecular flexibility index (Phi) is 5.15. The van der Waals surface area contributed by atoms with Crippen LogP contribution in [-0.4, -0.2) is 5.97 Å². The second-order valence-corrected chi connectivity index (χ2v) is 5.41. The first-order chi connectivity index (χ1) is 10.1. The van der Waals surface area contributed by atoms with Gasteiger partial charge in [-0.3, -0.25) is 4.79 Å². The molecule has 0 aromatic heterocycles. The van der Waals surface area contributed by atoms with Gasteiger partial charge in [-0.15, -0.1) is 0 Å². The summed E-state index contributed by atoms with van der Waals surface area (Å²) in [7, 11) is 0. The predicted octanol–water partition coefficient (Wildman–Crippen LogP) is 4.49. The maximum atomic E-state index is 12.1. The summed E-state index contributed by atoms with van der Waals surface area (Å²) >= 11 is 0. The SMILES string of the molecule is CC[C@](C)(OC(=O)CCc1ccccc1)c1ccccc1. The highest BCUT2D eigenvalue weighted by Crippen LogP contribution is 2.29. The number of ether oxygens (including phenoxy) is 1. The Balaban J connectivity index is 1.97. The fourth-order valence-corrected chi connectivity index (χ4v) is 2.32. The van der Waals surface area contributed by atoms with Crippen LogP contribution < -0.4 is 0 Å². The lowest BCUT2D eigenvalue weighted by molar-refractivity contribution is -0.159. The monoisotopic (exact) mass is 282 g/mol. The minimum absolute atomic E-state index is 0.146. The van der Waals surface area contributed by atoms with Crippen LogP contribution >= 0.6 is 0 Å². The average molecular weight is 282 g/mol. The molecule has 0 heterocycles. The summed E-state index contributed by atoms with van der Waals surface area (Å²) in [5.41, 5.74) is 1.66. The Hall–Kier alpha value is -2.09. The first kappa shape index (κ1) is 15.3. The van der Waals surface area contributed by atoms with Crippen molar-refractivity contribution < 1.29 is 9.53 Å². The predicted molar refractivity (Wildman–Crippen MR) is 84.9 cm³/mol. The first-order valence-electron chi connectivity index (χ1n) is 7.45. The summed E-state index contributed by atoms with van der Waals surface area (Å²) in [5.74, 6) is -0.146. The first-order valence-corrected chi connectivity index (χ1v) is 7.45. The largest absolute Gasteiger partial charge is 0.454 e. The number of esters is 1. The van der Waals surface area contributed by atoms with Crippen LogP contribution in [0.3, 0.4) is 0 Å². The van der Waals surface area contributed by atoms with Crippen LogP contribution in [0.5, 0.6) is 0 Å². The summed E-state index contributed by atoms with van der Waals surface area (Å²) in [6, 6.07) is 19.9. The van der Waals surface area contributed by atoms with Crippen molar-refractivity contribution in [3.8, 4) is 0 Å². The molecule has 0 aliphatic rings. The third-order valence-electron chi connectivity index (χ3n) is 3.86. The van der Waals surface area contributed by atoms with Gasteiger partial charge in [0.25, 0.3) is 0 Å². The quantitative estimate of drug-likeness (QED) is 0.730. The standard InChI is InChI=1S/C19H22O2/c1-3-19(2,17-12-8-5-9-13-17)21-18(20)15-14-16-10-6-4-7-11-16/h4-13H,3,14-15H2,1-2H3/t19-/m0/s1. The third kappa shape index (κ3) is 4.19. The minimum atomic E-state index is -0.547. The lowest BCUT2D eigenvalue weighted by Crippen LogP contribution is -2.28. The number of carbonyl (C=O) groups is 1. The summed E-state index contributed by atoms with van der Waals surface area (Å²) < 4.78 is 5.76. The topological polar surface area (TPSA) is 26.3 Å². The van der Waals surface area contributed by atoms with E-state index in [4.69, 9.17) is 4.74 Å². The van der Waals surface area contributed by atoms with E-state index in [1.807, 2.05) is 74.5 Å². The molecule has 0 aliphatic carbocycles. The summed E-state index contributed by atoms with van der Waals surface area (Å²) in [6.07, 6.45) is 1.88. The van der Waals surface area contributed by atoms with Gasteiger partial charge in [-0.2, -0.15) is 0 Å². The van der Waals surface area contributed by atoms with Crippen molar-refractivity contribution in [3.63, 3.8) is 0 Å². The zero-order chi connectivity index (χ0) is 15.1. The van der Waals surface area contributed by atoms with E-state index in [9.17, 15) is 4.79 Å². The van der Waals surface area contributed by atoms with Crippen molar-refractivity contribution in [2.75, 3.05) is 0 Å². The molecule has 2 heteroatoms. The molecule has 0 saturated carbocycles. The van der Waals surface area contributed by atoms with Gasteiger partial charge in [-0.1, -0.05) is 67.6 Å². The highest BCUT2D eigenvalue weighted by atomic mass is 16.6. The lowest BCUT2D eigenvalue weighted by atomic mass is 9.93. The van der Waals surface area contributed by atoms with Gasteiger partial charge in [0, 0.05) is 6.42 Å². The number of carbonyl (C=O) groups excluding carboxylic acids is 1. The molecule has 110 valence electrons. The van der Waals surface area contributed by atoms with Crippen LogP contribution in [0.15, 0.2) is 60.7 Å². The fourth-order valence-electron chi connectivity index (χ4n) is 2.32. The molecule has 2 aromatic carbocycles. The molecule has 0 bridgehead atoms. The molecule has 0 aliphatic heterocycles. The van der Waals surface area contributed by atoms with Crippen molar-refractivity contribution in [3.05, 3.63) is 71.8 Å². The number of rotatable bonds is 6. The Labute approximate surface area is 126 Å². The molecule has 0 unspecified atom stereocenters. The van der Waals surface area contributed by atoms with E-state index in [1.165, 1.54) is 0 Å². The average Bonchev–Trinajstić information content (AvgIpc) is 2.54. The molecule has 0 fully saturated rings. The molecular formula is C19H22O2. The van der Waals surface area contributed by atoms with Gasteiger partial charge in [-0.05, 0) is 30.9 Å². The van der Waals surface area contributed by atoms with Crippen LogP contribution in [0, 0.1) is 0 Å². The smallest absolute Gasteiger partial charge is 0.307 e. The van der Waals surface area contributed by atoms with Crippen LogP contribution in [0.4, 0.5) is 0 Å². The van der Waals surface area contributed by atoms with Crippen molar-refractivity contribution in [1.29, 1.82) is 0 Å². The molecule has 0 N–H and O–H groups in total. The minimum Gasteiger partial charge on any atom is -0.454 e. The molecule has 2 rings (SSSR count). The molecule has 0 radical (unpaired) electrons. The van der Waals surface area contributed by atoms with Gasteiger partial charge in [-0.25, -0.2) is 0 Å². The Morgan fingerprint density at radius 1 is 1.00 bits per heavy atom. The maximum absolute atomic E-state index is 12.1. The molecule has 1 atom stereocenters. The van der Waals surface area contributed by atoms with E-state index in [0.717, 1.165) is 17.5 Å². The zero-order valence-electron chi connectivity index (χ0n) is 12.7. The van der Waals surface area contributed by atoms with E-state index in [0.29, 0.717) is 12.8 Å². The maximum Gasteiger partial charge on any atom is 0.307 e. The van der Waals surface area contributed by atoms with Crippen molar-refractivity contribution in [2.45, 2.75) is 38.7 Å². The highest BCUT2D eigenvalue weighted by Gasteiger charge is 2.28. The fraction of sp³-hybridized carbons (Fsp3) is 0.316. The van der Waals surface area contributed by atoms with E-state index in [-0.39, 0.29) is 5.97 Å². The van der Waals surface area contributed by atoms with Gasteiger partial charge < -0.3 is 4.74 Å². The number of aryl methyl sites for hydroxylation is 1. The molecule has 0 amide bonds. The van der Waals surface area contributed by atoms with Gasteiger partial charge >= 0.3 is 5.97 Å². The van der Waals surface area contributed by atoms with Crippen LogP contribution in [0.25, 0.3) is 0 Å². The van der Waals surface area contributed by atoms with E-state index < -0.39 is 5.60 Å². The van der Waals surface area contributed by atoms with Gasteiger partial charge in [0.05, 0.1) is 0 Å². The van der Waals surface area contributed by atoms with Crippen LogP contribution in [0.1, 0.15) is 37.8 Å². The van der Waals surface area contributed by atoms with Gasteiger partial charge in [0.1, 0.15) is 5.60 Å². The highest BCUT2D eigenvalue weighted by molar-refractivity contribution is 5.70. The summed E-state index contributed by atoms with van der Waals surface area (Å²) in [4.78, 5) is 12.1. The third-order valence-corrected chi connectivity index (χ3v) is 3.86. The molecular weight excluding hydrogens is 260 g/mol. The molecule has 2 aromatic rings. The number of hydrogen-bond acceptors (Lipinski definition) is 2. The van der Waals surface area contributed by atoms with Crippen LogP contribution in [-0.2, 0) is 21.6 Å². The second kappa shape index (κ2) is 7.07. The molecule has 0 spiro atoms.